The van der Waals surface area contributed by atoms with Crippen molar-refractivity contribution < 1.29 is 0 Å². The minimum Gasteiger partial charge on any atom is -0.314 e. The minimum atomic E-state index is 0.990. The molecule has 0 saturated heterocycles. The van der Waals surface area contributed by atoms with E-state index < -0.39 is 0 Å². The zero-order chi connectivity index (χ0) is 34.7. The van der Waals surface area contributed by atoms with E-state index in [2.05, 4.69) is 216 Å². The lowest BCUT2D eigenvalue weighted by molar-refractivity contribution is 0.918. The fourth-order valence-corrected chi connectivity index (χ4v) is 7.75. The number of para-hydroxylation sites is 3. The summed E-state index contributed by atoms with van der Waals surface area (Å²) in [5.74, 6) is 0. The molecule has 0 atom stereocenters. The van der Waals surface area contributed by atoms with Crippen molar-refractivity contribution in [1.29, 1.82) is 0 Å². The first-order valence-electron chi connectivity index (χ1n) is 18.1. The van der Waals surface area contributed by atoms with Crippen LogP contribution in [0.5, 0.6) is 0 Å². The van der Waals surface area contributed by atoms with Crippen LogP contribution in [-0.4, -0.2) is 0 Å². The van der Waals surface area contributed by atoms with Crippen molar-refractivity contribution >= 4 is 50.0 Å². The van der Waals surface area contributed by atoms with Crippen LogP contribution < -0.4 is 9.80 Å². The fourth-order valence-electron chi connectivity index (χ4n) is 7.75. The van der Waals surface area contributed by atoms with Crippen molar-refractivity contribution in [2.75, 3.05) is 9.80 Å². The van der Waals surface area contributed by atoms with Gasteiger partial charge in [0.05, 0.1) is 0 Å². The molecule has 0 saturated carbocycles. The Balaban J connectivity index is 1.36. The van der Waals surface area contributed by atoms with Crippen LogP contribution in [0.4, 0.5) is 28.4 Å². The molecule has 8 aromatic rings. The minimum absolute atomic E-state index is 0.990. The van der Waals surface area contributed by atoms with Gasteiger partial charge in [0, 0.05) is 34.1 Å². The van der Waals surface area contributed by atoms with Gasteiger partial charge in [-0.1, -0.05) is 140 Å². The van der Waals surface area contributed by atoms with E-state index in [0.29, 0.717) is 0 Å². The molecular formula is C50H38N2. The van der Waals surface area contributed by atoms with Gasteiger partial charge in [0.2, 0.25) is 0 Å². The normalized spacial score (nSPS) is 12.5. The smallest absolute Gasteiger partial charge is 0.0468 e. The third-order valence-electron chi connectivity index (χ3n) is 10.0. The highest BCUT2D eigenvalue weighted by atomic mass is 15.2. The van der Waals surface area contributed by atoms with E-state index in [0.717, 1.165) is 35.6 Å². The standard InChI is InChI=1S/C50H38N2/c1-7-19-37(20-8-1)49-45-33-31-44(52(41-27-15-5-16-28-41)42-29-17-6-18-30-42)36-48(45)50(38-21-9-2-10-22-38)46-34-32-43(35-47(46)49)51(39-23-11-3-12-24-39)40-25-13-4-14-26-40/h1-17,19-29,31-36H,18,30H2. The SMILES string of the molecule is C1=CCCC(N(c2ccccc2)c2ccc3c(-c4ccccc4)c4cc(N(c5ccccc5)c5ccccc5)ccc4c(-c4ccccc4)c3c2)=C1. The Bertz CT molecular complexity index is 2500. The van der Waals surface area contributed by atoms with Crippen LogP contribution in [0.2, 0.25) is 0 Å². The molecule has 1 aliphatic carbocycles. The molecule has 0 unspecified atom stereocenters. The average molecular weight is 667 g/mol. The molecule has 0 aromatic heterocycles. The Morgan fingerprint density at radius 2 is 0.750 bits per heavy atom. The average Bonchev–Trinajstić information content (AvgIpc) is 3.22. The molecule has 0 fully saturated rings. The maximum absolute atomic E-state index is 2.44. The Kier molecular flexibility index (Phi) is 8.40. The van der Waals surface area contributed by atoms with E-state index in [1.807, 2.05) is 0 Å². The van der Waals surface area contributed by atoms with Crippen molar-refractivity contribution in [3.8, 4) is 22.3 Å². The maximum atomic E-state index is 2.44. The lowest BCUT2D eigenvalue weighted by atomic mass is 9.85. The van der Waals surface area contributed by atoms with Crippen LogP contribution in [-0.2, 0) is 0 Å². The zero-order valence-corrected chi connectivity index (χ0v) is 28.9. The van der Waals surface area contributed by atoms with Gasteiger partial charge >= 0.3 is 0 Å². The first kappa shape index (κ1) is 31.3. The fraction of sp³-hybridized carbons (Fsp3) is 0.0400. The van der Waals surface area contributed by atoms with Crippen LogP contribution in [0.25, 0.3) is 43.8 Å². The van der Waals surface area contributed by atoms with Gasteiger partial charge in [0.25, 0.3) is 0 Å². The number of fused-ring (bicyclic) bond motifs is 2. The number of nitrogens with zero attached hydrogens (tertiary/aromatic N) is 2. The van der Waals surface area contributed by atoms with Crippen molar-refractivity contribution in [3.63, 3.8) is 0 Å². The lowest BCUT2D eigenvalue weighted by Gasteiger charge is -2.30. The summed E-state index contributed by atoms with van der Waals surface area (Å²) in [5, 5.41) is 4.92. The monoisotopic (exact) mass is 666 g/mol. The highest BCUT2D eigenvalue weighted by molar-refractivity contribution is 6.22. The van der Waals surface area contributed by atoms with E-state index in [4.69, 9.17) is 0 Å². The molecule has 2 heteroatoms. The summed E-state index contributed by atoms with van der Waals surface area (Å²) in [4.78, 5) is 4.79. The molecule has 248 valence electrons. The predicted molar refractivity (Wildman–Crippen MR) is 222 cm³/mol. The van der Waals surface area contributed by atoms with Gasteiger partial charge in [-0.15, -0.1) is 0 Å². The van der Waals surface area contributed by atoms with Crippen LogP contribution in [0.3, 0.4) is 0 Å². The Hall–Kier alpha value is -6.64. The quantitative estimate of drug-likeness (QED) is 0.149. The predicted octanol–water partition coefficient (Wildman–Crippen LogP) is 14.2. The summed E-state index contributed by atoms with van der Waals surface area (Å²) < 4.78 is 0. The van der Waals surface area contributed by atoms with E-state index in [1.165, 1.54) is 55.2 Å². The van der Waals surface area contributed by atoms with Gasteiger partial charge in [-0.3, -0.25) is 0 Å². The van der Waals surface area contributed by atoms with Crippen LogP contribution in [0.1, 0.15) is 12.8 Å². The Morgan fingerprint density at radius 1 is 0.346 bits per heavy atom. The second-order valence-electron chi connectivity index (χ2n) is 13.2. The molecule has 9 rings (SSSR count). The van der Waals surface area contributed by atoms with Gasteiger partial charge < -0.3 is 9.80 Å². The molecule has 0 aliphatic heterocycles. The second kappa shape index (κ2) is 13.9. The molecule has 0 N–H and O–H groups in total. The van der Waals surface area contributed by atoms with Crippen molar-refractivity contribution in [2.24, 2.45) is 0 Å². The summed E-state index contributed by atoms with van der Waals surface area (Å²) in [7, 11) is 0. The summed E-state index contributed by atoms with van der Waals surface area (Å²) in [6.07, 6.45) is 8.74. The summed E-state index contributed by atoms with van der Waals surface area (Å²) in [5.41, 5.74) is 11.9. The number of anilines is 5. The second-order valence-corrected chi connectivity index (χ2v) is 13.2. The Morgan fingerprint density at radius 3 is 1.17 bits per heavy atom. The summed E-state index contributed by atoms with van der Waals surface area (Å²) >= 11 is 0. The topological polar surface area (TPSA) is 6.48 Å². The van der Waals surface area contributed by atoms with Crippen LogP contribution in [0, 0.1) is 0 Å². The van der Waals surface area contributed by atoms with Gasteiger partial charge in [-0.25, -0.2) is 0 Å². The number of hydrogen-bond acceptors (Lipinski definition) is 2. The number of benzene rings is 8. The van der Waals surface area contributed by atoms with E-state index in [1.54, 1.807) is 0 Å². The molecular weight excluding hydrogens is 629 g/mol. The highest BCUT2D eigenvalue weighted by Gasteiger charge is 2.22. The zero-order valence-electron chi connectivity index (χ0n) is 28.9. The molecule has 2 nitrogen and oxygen atoms in total. The van der Waals surface area contributed by atoms with E-state index >= 15 is 0 Å². The van der Waals surface area contributed by atoms with Crippen molar-refractivity contribution in [1.82, 2.24) is 0 Å². The third kappa shape index (κ3) is 5.85. The number of rotatable bonds is 8. The maximum Gasteiger partial charge on any atom is 0.0468 e. The van der Waals surface area contributed by atoms with Gasteiger partial charge in [-0.2, -0.15) is 0 Å². The van der Waals surface area contributed by atoms with Crippen molar-refractivity contribution in [3.05, 3.63) is 212 Å². The van der Waals surface area contributed by atoms with Gasteiger partial charge in [-0.05, 0) is 123 Å². The lowest BCUT2D eigenvalue weighted by Crippen LogP contribution is -2.17. The van der Waals surface area contributed by atoms with Gasteiger partial charge in [0.15, 0.2) is 0 Å². The highest BCUT2D eigenvalue weighted by Crippen LogP contribution is 2.48. The molecule has 0 bridgehead atoms. The third-order valence-corrected chi connectivity index (χ3v) is 10.0. The number of allylic oxidation sites excluding steroid dienone is 4. The van der Waals surface area contributed by atoms with Crippen molar-refractivity contribution in [2.45, 2.75) is 12.8 Å². The molecule has 0 heterocycles. The van der Waals surface area contributed by atoms with Gasteiger partial charge in [0.1, 0.15) is 0 Å². The molecule has 8 aromatic carbocycles. The molecule has 0 amide bonds. The van der Waals surface area contributed by atoms with E-state index in [-0.39, 0.29) is 0 Å². The summed E-state index contributed by atoms with van der Waals surface area (Å²) in [6.45, 7) is 0. The first-order valence-corrected chi connectivity index (χ1v) is 18.1. The summed E-state index contributed by atoms with van der Waals surface area (Å²) in [6, 6.07) is 68.0. The molecule has 0 radical (unpaired) electrons. The molecule has 0 spiro atoms. The van der Waals surface area contributed by atoms with Crippen LogP contribution in [0.15, 0.2) is 212 Å². The molecule has 1 aliphatic rings. The van der Waals surface area contributed by atoms with Crippen LogP contribution >= 0.6 is 0 Å². The number of hydrogen-bond donors (Lipinski definition) is 0. The largest absolute Gasteiger partial charge is 0.314 e. The van der Waals surface area contributed by atoms with E-state index in [9.17, 15) is 0 Å². The Labute approximate surface area is 305 Å². The molecule has 52 heavy (non-hydrogen) atoms. The first-order chi connectivity index (χ1) is 25.8.